The highest BCUT2D eigenvalue weighted by atomic mass is 16.5. The zero-order valence-corrected chi connectivity index (χ0v) is 23.6. The van der Waals surface area contributed by atoms with Crippen LogP contribution >= 0.6 is 0 Å². The molecule has 3 aromatic rings. The van der Waals surface area contributed by atoms with E-state index in [1.165, 1.54) is 6.33 Å². The molecule has 9 nitrogen and oxygen atoms in total. The summed E-state index contributed by atoms with van der Waals surface area (Å²) in [5, 5.41) is 10.5. The zero-order valence-electron chi connectivity index (χ0n) is 23.6. The average molecular weight is 558 g/mol. The van der Waals surface area contributed by atoms with E-state index >= 15 is 0 Å². The molecule has 216 valence electrons. The molecule has 2 aromatic carbocycles. The Kier molecular flexibility index (Phi) is 9.26. The molecule has 1 aromatic heterocycles. The van der Waals surface area contributed by atoms with E-state index in [9.17, 15) is 14.7 Å². The maximum atomic E-state index is 14.0. The summed E-state index contributed by atoms with van der Waals surface area (Å²) in [6, 6.07) is 15.4. The number of likely N-dealkylation sites (tertiary alicyclic amines) is 1. The highest BCUT2D eigenvalue weighted by Crippen LogP contribution is 2.41. The number of nitrogens with zero attached hydrogens (tertiary/aromatic N) is 4. The second-order valence-electron chi connectivity index (χ2n) is 10.9. The van der Waals surface area contributed by atoms with Crippen LogP contribution in [-0.4, -0.2) is 64.1 Å². The van der Waals surface area contributed by atoms with Crippen LogP contribution in [0.4, 0.5) is 5.69 Å². The predicted octanol–water partition coefficient (Wildman–Crippen LogP) is 3.80. The van der Waals surface area contributed by atoms with Crippen molar-refractivity contribution in [1.82, 2.24) is 14.9 Å². The monoisotopic (exact) mass is 557 g/mol. The lowest BCUT2D eigenvalue weighted by Gasteiger charge is -2.30. The van der Waals surface area contributed by atoms with Crippen LogP contribution in [0.1, 0.15) is 54.5 Å². The number of nitrogens with two attached hydrogens (primary N) is 1. The number of aromatic nitrogens is 2. The molecule has 1 amide bonds. The van der Waals surface area contributed by atoms with Gasteiger partial charge in [0.25, 0.3) is 0 Å². The lowest BCUT2D eigenvalue weighted by molar-refractivity contribution is -0.143. The van der Waals surface area contributed by atoms with Gasteiger partial charge in [-0.2, -0.15) is 0 Å². The number of hydrogen-bond donors (Lipinski definition) is 2. The minimum absolute atomic E-state index is 0.0354. The molecule has 41 heavy (non-hydrogen) atoms. The molecular weight excluding hydrogens is 518 g/mol. The van der Waals surface area contributed by atoms with E-state index in [2.05, 4.69) is 27.9 Å². The summed E-state index contributed by atoms with van der Waals surface area (Å²) in [6.45, 7) is 4.37. The molecular formula is C32H39N5O4. The Bertz CT molecular complexity index is 1350. The van der Waals surface area contributed by atoms with Gasteiger partial charge in [-0.15, -0.1) is 0 Å². The van der Waals surface area contributed by atoms with E-state index in [1.807, 2.05) is 47.4 Å². The van der Waals surface area contributed by atoms with Crippen LogP contribution in [-0.2, 0) is 29.0 Å². The van der Waals surface area contributed by atoms with Gasteiger partial charge >= 0.3 is 5.97 Å². The Morgan fingerprint density at radius 3 is 2.83 bits per heavy atom. The molecule has 3 N–H and O–H groups in total. The van der Waals surface area contributed by atoms with Gasteiger partial charge in [0.15, 0.2) is 0 Å². The average Bonchev–Trinajstić information content (AvgIpc) is 3.61. The molecule has 0 spiro atoms. The minimum atomic E-state index is -0.840. The third-order valence-electron chi connectivity index (χ3n) is 8.35. The first-order chi connectivity index (χ1) is 20.0. The van der Waals surface area contributed by atoms with Crippen molar-refractivity contribution in [3.05, 3.63) is 83.4 Å². The normalized spacial score (nSPS) is 20.0. The highest BCUT2D eigenvalue weighted by molar-refractivity contribution is 5.95. The van der Waals surface area contributed by atoms with Crippen LogP contribution in [0.3, 0.4) is 0 Å². The van der Waals surface area contributed by atoms with E-state index in [0.29, 0.717) is 39.1 Å². The van der Waals surface area contributed by atoms with Crippen LogP contribution in [0.5, 0.6) is 5.75 Å². The number of fused-ring (bicyclic) bond motifs is 1. The molecule has 2 aliphatic rings. The second-order valence-corrected chi connectivity index (χ2v) is 10.9. The van der Waals surface area contributed by atoms with Crippen LogP contribution in [0, 0.1) is 5.92 Å². The fourth-order valence-electron chi connectivity index (χ4n) is 6.21. The van der Waals surface area contributed by atoms with Gasteiger partial charge in [-0.25, -0.2) is 9.97 Å². The van der Waals surface area contributed by atoms with Gasteiger partial charge in [-0.3, -0.25) is 14.5 Å². The molecule has 2 aliphatic heterocycles. The number of carbonyl (C=O) groups excluding carboxylic acids is 1. The summed E-state index contributed by atoms with van der Waals surface area (Å²) in [5.74, 6) is -0.905. The Morgan fingerprint density at radius 2 is 2.07 bits per heavy atom. The van der Waals surface area contributed by atoms with Gasteiger partial charge in [-0.1, -0.05) is 37.6 Å². The second kappa shape index (κ2) is 13.2. The molecule has 0 aliphatic carbocycles. The summed E-state index contributed by atoms with van der Waals surface area (Å²) in [5.41, 5.74) is 10.6. The van der Waals surface area contributed by atoms with E-state index in [-0.39, 0.29) is 24.4 Å². The van der Waals surface area contributed by atoms with Gasteiger partial charge in [0.1, 0.15) is 12.1 Å². The summed E-state index contributed by atoms with van der Waals surface area (Å²) >= 11 is 0. The number of aliphatic carboxylic acids is 1. The number of amides is 1. The van der Waals surface area contributed by atoms with Crippen LogP contribution in [0.15, 0.2) is 61.1 Å². The Morgan fingerprint density at radius 1 is 1.20 bits per heavy atom. The fraction of sp³-hybridized carbons (Fsp3) is 0.438. The van der Waals surface area contributed by atoms with E-state index < -0.39 is 11.9 Å². The van der Waals surface area contributed by atoms with Crippen molar-refractivity contribution in [3.63, 3.8) is 0 Å². The van der Waals surface area contributed by atoms with Gasteiger partial charge < -0.3 is 20.5 Å². The van der Waals surface area contributed by atoms with Gasteiger partial charge in [0.05, 0.1) is 19.1 Å². The summed E-state index contributed by atoms with van der Waals surface area (Å²) in [6.07, 6.45) is 7.03. The van der Waals surface area contributed by atoms with Crippen molar-refractivity contribution in [3.8, 4) is 5.75 Å². The molecule has 9 heteroatoms. The number of carboxylic acids is 1. The minimum Gasteiger partial charge on any atom is -0.493 e. The number of aryl methyl sites for hydroxylation is 1. The maximum absolute atomic E-state index is 14.0. The summed E-state index contributed by atoms with van der Waals surface area (Å²) in [7, 11) is 0. The van der Waals surface area contributed by atoms with Crippen molar-refractivity contribution in [2.75, 3.05) is 31.1 Å². The standard InChI is InChI=1S/C32H39N5O4/c1-2-3-14-37(26-6-4-5-22(16-26)18-33)30(38)20-36-19-27(23-7-10-29-24(17-23)12-15-41-29)31(32(39)40)28(36)9-8-25-11-13-34-21-35-25/h4-7,10-11,13,16-17,21,27-28,31H,2-3,8-9,12,14-15,18-20,33H2,1H3,(H,39,40). The number of carboxylic acid groups (broad SMARTS) is 1. The first-order valence-corrected chi connectivity index (χ1v) is 14.5. The fourth-order valence-corrected chi connectivity index (χ4v) is 6.21. The molecule has 5 rings (SSSR count). The third kappa shape index (κ3) is 6.57. The number of unbranched alkanes of at least 4 members (excludes halogenated alkanes) is 1. The lowest BCUT2D eigenvalue weighted by Crippen LogP contribution is -2.44. The molecule has 3 heterocycles. The first kappa shape index (κ1) is 28.7. The SMILES string of the molecule is CCCCN(C(=O)CN1CC(c2ccc3c(c2)CCO3)C(C(=O)O)C1CCc1ccncn1)c1cccc(CN)c1. The van der Waals surface area contributed by atoms with Crippen molar-refractivity contribution in [2.24, 2.45) is 11.7 Å². The van der Waals surface area contributed by atoms with Crippen LogP contribution in [0.2, 0.25) is 0 Å². The van der Waals surface area contributed by atoms with Crippen molar-refractivity contribution < 1.29 is 19.4 Å². The molecule has 3 unspecified atom stereocenters. The molecule has 0 bridgehead atoms. The third-order valence-corrected chi connectivity index (χ3v) is 8.35. The summed E-state index contributed by atoms with van der Waals surface area (Å²) < 4.78 is 5.69. The maximum Gasteiger partial charge on any atom is 0.308 e. The van der Waals surface area contributed by atoms with Gasteiger partial charge in [0, 0.05) is 55.6 Å². The lowest BCUT2D eigenvalue weighted by atomic mass is 9.83. The number of rotatable bonds is 12. The Hall–Kier alpha value is -3.82. The molecule has 0 radical (unpaired) electrons. The quantitative estimate of drug-likeness (QED) is 0.345. The first-order valence-electron chi connectivity index (χ1n) is 14.5. The van der Waals surface area contributed by atoms with Gasteiger partial charge in [0.2, 0.25) is 5.91 Å². The highest BCUT2D eigenvalue weighted by Gasteiger charge is 2.47. The summed E-state index contributed by atoms with van der Waals surface area (Å²) in [4.78, 5) is 39.1. The largest absolute Gasteiger partial charge is 0.493 e. The number of hydrogen-bond acceptors (Lipinski definition) is 7. The topological polar surface area (TPSA) is 122 Å². The van der Waals surface area contributed by atoms with E-state index in [1.54, 1.807) is 6.20 Å². The van der Waals surface area contributed by atoms with E-state index in [4.69, 9.17) is 10.5 Å². The Labute approximate surface area is 241 Å². The number of anilines is 1. The van der Waals surface area contributed by atoms with E-state index in [0.717, 1.165) is 53.1 Å². The van der Waals surface area contributed by atoms with Gasteiger partial charge in [-0.05, 0) is 60.2 Å². The number of benzene rings is 2. The van der Waals surface area contributed by atoms with Crippen LogP contribution < -0.4 is 15.4 Å². The van der Waals surface area contributed by atoms with Crippen molar-refractivity contribution in [1.29, 1.82) is 0 Å². The molecule has 0 saturated carbocycles. The number of ether oxygens (including phenoxy) is 1. The van der Waals surface area contributed by atoms with Crippen molar-refractivity contribution in [2.45, 2.75) is 57.5 Å². The predicted molar refractivity (Wildman–Crippen MR) is 157 cm³/mol. The molecule has 1 saturated heterocycles. The molecule has 1 fully saturated rings. The number of carbonyl (C=O) groups is 2. The van der Waals surface area contributed by atoms with Crippen molar-refractivity contribution >= 4 is 17.6 Å². The van der Waals surface area contributed by atoms with Crippen LogP contribution in [0.25, 0.3) is 0 Å². The molecule has 3 atom stereocenters. The Balaban J connectivity index is 1.44. The smallest absolute Gasteiger partial charge is 0.308 e. The zero-order chi connectivity index (χ0) is 28.8.